The van der Waals surface area contributed by atoms with Gasteiger partial charge in [0.2, 0.25) is 0 Å². The Bertz CT molecular complexity index is 974. The highest BCUT2D eigenvalue weighted by Crippen LogP contribution is 2.58. The number of benzene rings is 3. The van der Waals surface area contributed by atoms with E-state index in [1.165, 1.54) is 44.5 Å². The van der Waals surface area contributed by atoms with Gasteiger partial charge in [0.1, 0.15) is 12.2 Å². The Balaban J connectivity index is 1.58. The number of ether oxygens (including phenoxy) is 1. The summed E-state index contributed by atoms with van der Waals surface area (Å²) in [6.07, 6.45) is 4.75. The Labute approximate surface area is 146 Å². The second kappa shape index (κ2) is 4.12. The summed E-state index contributed by atoms with van der Waals surface area (Å²) in [5.41, 5.74) is 11.7. The minimum atomic E-state index is 0.163. The maximum atomic E-state index is 6.10. The van der Waals surface area contributed by atoms with E-state index in [4.69, 9.17) is 4.74 Å². The molecule has 3 aliphatic carbocycles. The zero-order valence-electron chi connectivity index (χ0n) is 13.6. The Kier molecular flexibility index (Phi) is 2.09. The molecule has 25 heavy (non-hydrogen) atoms. The van der Waals surface area contributed by atoms with E-state index in [1.54, 1.807) is 0 Å². The fraction of sp³-hybridized carbons (Fsp3) is 0.167. The van der Waals surface area contributed by atoms with Gasteiger partial charge in [-0.25, -0.2) is 0 Å². The first-order valence-corrected chi connectivity index (χ1v) is 9.09. The molecule has 8 rings (SSSR count). The molecule has 0 saturated carbocycles. The standard InChI is InChI=1S/C24H16O/c1-2-6-14-13(5-1)23-15-7-3-4-8-16(15)24(14)20-12-18-17(11-19(20)23)21-9-10-22(18)25-21/h1-12,21-24H. The highest BCUT2D eigenvalue weighted by atomic mass is 16.5. The summed E-state index contributed by atoms with van der Waals surface area (Å²) in [6, 6.07) is 22.9. The SMILES string of the molecule is C1=CC2OC1c1cc3c(cc12)C1c2ccccc2C3c2ccccc21. The van der Waals surface area contributed by atoms with E-state index < -0.39 is 0 Å². The third-order valence-electron chi connectivity index (χ3n) is 6.51. The Hall–Kier alpha value is -2.64. The normalized spacial score (nSPS) is 28.5. The second-order valence-corrected chi connectivity index (χ2v) is 7.60. The van der Waals surface area contributed by atoms with Crippen molar-refractivity contribution < 1.29 is 4.74 Å². The van der Waals surface area contributed by atoms with Crippen molar-refractivity contribution in [1.29, 1.82) is 0 Å². The molecule has 2 unspecified atom stereocenters. The molecular formula is C24H16O. The van der Waals surface area contributed by atoms with Gasteiger partial charge in [-0.05, 0) is 44.5 Å². The molecule has 1 nitrogen and oxygen atoms in total. The molecule has 4 bridgehead atoms. The molecule has 0 fully saturated rings. The molecule has 0 aromatic heterocycles. The molecule has 0 saturated heterocycles. The van der Waals surface area contributed by atoms with Crippen LogP contribution in [0.15, 0.2) is 72.8 Å². The molecule has 0 radical (unpaired) electrons. The molecule has 1 heteroatoms. The third-order valence-corrected chi connectivity index (χ3v) is 6.51. The predicted octanol–water partition coefficient (Wildman–Crippen LogP) is 5.36. The summed E-state index contributed by atoms with van der Waals surface area (Å²) in [6.45, 7) is 0. The quantitative estimate of drug-likeness (QED) is 0.349. The van der Waals surface area contributed by atoms with Gasteiger partial charge in [-0.1, -0.05) is 72.8 Å². The van der Waals surface area contributed by atoms with Gasteiger partial charge < -0.3 is 4.74 Å². The number of hydrogen-bond acceptors (Lipinski definition) is 1. The van der Waals surface area contributed by atoms with Gasteiger partial charge in [-0.15, -0.1) is 0 Å². The lowest BCUT2D eigenvalue weighted by Crippen LogP contribution is -2.27. The Morgan fingerprint density at radius 3 is 1.28 bits per heavy atom. The van der Waals surface area contributed by atoms with E-state index in [0.717, 1.165) is 0 Å². The van der Waals surface area contributed by atoms with Gasteiger partial charge in [0.15, 0.2) is 0 Å². The van der Waals surface area contributed by atoms with Crippen LogP contribution in [0.25, 0.3) is 0 Å². The first-order valence-electron chi connectivity index (χ1n) is 9.09. The summed E-state index contributed by atoms with van der Waals surface area (Å²) in [4.78, 5) is 0. The average Bonchev–Trinajstić information content (AvgIpc) is 3.28. The van der Waals surface area contributed by atoms with Crippen LogP contribution < -0.4 is 0 Å². The van der Waals surface area contributed by atoms with E-state index in [-0.39, 0.29) is 12.2 Å². The van der Waals surface area contributed by atoms with Crippen LogP contribution in [0, 0.1) is 0 Å². The van der Waals surface area contributed by atoms with Crippen molar-refractivity contribution in [2.75, 3.05) is 0 Å². The van der Waals surface area contributed by atoms with Crippen LogP contribution in [-0.2, 0) is 4.74 Å². The molecule has 0 N–H and O–H groups in total. The first-order chi connectivity index (χ1) is 12.4. The fourth-order valence-electron chi connectivity index (χ4n) is 5.54. The first kappa shape index (κ1) is 12.7. The van der Waals surface area contributed by atoms with Gasteiger partial charge in [0.05, 0.1) is 0 Å². The van der Waals surface area contributed by atoms with Crippen LogP contribution >= 0.6 is 0 Å². The van der Waals surface area contributed by atoms with Crippen molar-refractivity contribution in [2.24, 2.45) is 0 Å². The van der Waals surface area contributed by atoms with Crippen molar-refractivity contribution in [2.45, 2.75) is 24.0 Å². The van der Waals surface area contributed by atoms with E-state index in [0.29, 0.717) is 11.8 Å². The number of rotatable bonds is 0. The highest BCUT2D eigenvalue weighted by molar-refractivity contribution is 5.69. The molecule has 0 spiro atoms. The summed E-state index contributed by atoms with van der Waals surface area (Å²) in [5.74, 6) is 0.724. The molecular weight excluding hydrogens is 304 g/mol. The second-order valence-electron chi connectivity index (χ2n) is 7.60. The summed E-state index contributed by atoms with van der Waals surface area (Å²) in [7, 11) is 0. The minimum absolute atomic E-state index is 0.163. The van der Waals surface area contributed by atoms with Crippen LogP contribution in [0.1, 0.15) is 68.6 Å². The van der Waals surface area contributed by atoms with Crippen LogP contribution in [0.3, 0.4) is 0 Å². The van der Waals surface area contributed by atoms with E-state index in [1.807, 2.05) is 0 Å². The molecule has 2 heterocycles. The molecule has 5 aliphatic rings. The molecule has 2 atom stereocenters. The van der Waals surface area contributed by atoms with Crippen LogP contribution in [0.2, 0.25) is 0 Å². The lowest BCUT2D eigenvalue weighted by atomic mass is 9.60. The van der Waals surface area contributed by atoms with Gasteiger partial charge >= 0.3 is 0 Å². The largest absolute Gasteiger partial charge is 0.357 e. The van der Waals surface area contributed by atoms with E-state index in [9.17, 15) is 0 Å². The minimum Gasteiger partial charge on any atom is -0.357 e. The lowest BCUT2D eigenvalue weighted by Gasteiger charge is -2.42. The van der Waals surface area contributed by atoms with Gasteiger partial charge in [-0.3, -0.25) is 0 Å². The van der Waals surface area contributed by atoms with E-state index in [2.05, 4.69) is 72.8 Å². The predicted molar refractivity (Wildman–Crippen MR) is 96.9 cm³/mol. The van der Waals surface area contributed by atoms with Gasteiger partial charge in [-0.2, -0.15) is 0 Å². The van der Waals surface area contributed by atoms with Crippen LogP contribution in [-0.4, -0.2) is 0 Å². The van der Waals surface area contributed by atoms with Gasteiger partial charge in [0.25, 0.3) is 0 Å². The summed E-state index contributed by atoms with van der Waals surface area (Å²) < 4.78 is 6.10. The zero-order valence-corrected chi connectivity index (χ0v) is 13.6. The topological polar surface area (TPSA) is 9.23 Å². The highest BCUT2D eigenvalue weighted by Gasteiger charge is 2.43. The molecule has 2 aliphatic heterocycles. The van der Waals surface area contributed by atoms with Crippen molar-refractivity contribution in [3.8, 4) is 0 Å². The Morgan fingerprint density at radius 1 is 0.480 bits per heavy atom. The third kappa shape index (κ3) is 1.37. The van der Waals surface area contributed by atoms with Crippen molar-refractivity contribution in [1.82, 2.24) is 0 Å². The van der Waals surface area contributed by atoms with Crippen LogP contribution in [0.5, 0.6) is 0 Å². The monoisotopic (exact) mass is 320 g/mol. The van der Waals surface area contributed by atoms with Crippen molar-refractivity contribution in [3.63, 3.8) is 0 Å². The average molecular weight is 320 g/mol. The van der Waals surface area contributed by atoms with Crippen molar-refractivity contribution >= 4 is 0 Å². The van der Waals surface area contributed by atoms with E-state index >= 15 is 0 Å². The number of fused-ring (bicyclic) bond motifs is 5. The lowest BCUT2D eigenvalue weighted by molar-refractivity contribution is 0.0878. The van der Waals surface area contributed by atoms with Gasteiger partial charge in [0, 0.05) is 11.8 Å². The maximum Gasteiger partial charge on any atom is 0.102 e. The number of hydrogen-bond donors (Lipinski definition) is 0. The van der Waals surface area contributed by atoms with Crippen LogP contribution in [0.4, 0.5) is 0 Å². The molecule has 3 aromatic rings. The fourth-order valence-corrected chi connectivity index (χ4v) is 5.54. The molecule has 0 amide bonds. The Morgan fingerprint density at radius 2 is 0.880 bits per heavy atom. The summed E-state index contributed by atoms with van der Waals surface area (Å²) >= 11 is 0. The molecule has 118 valence electrons. The van der Waals surface area contributed by atoms with Crippen molar-refractivity contribution in [3.05, 3.63) is 117 Å². The maximum absolute atomic E-state index is 6.10. The molecule has 3 aromatic carbocycles. The summed E-state index contributed by atoms with van der Waals surface area (Å²) in [5, 5.41) is 0. The smallest absolute Gasteiger partial charge is 0.102 e. The zero-order chi connectivity index (χ0) is 16.1.